The monoisotopic (exact) mass is 454 g/mol. The normalized spacial score (nSPS) is 12.9. The third kappa shape index (κ3) is 3.21. The van der Waals surface area contributed by atoms with Gasteiger partial charge in [0.15, 0.2) is 0 Å². The summed E-state index contributed by atoms with van der Waals surface area (Å²) in [6.45, 7) is 0. The van der Waals surface area contributed by atoms with Crippen molar-refractivity contribution >= 4 is 56.6 Å². The number of rotatable bonds is 3. The van der Waals surface area contributed by atoms with E-state index in [1.807, 2.05) is 0 Å². The molecule has 0 fully saturated rings. The first-order valence-electron chi connectivity index (χ1n) is 8.30. The summed E-state index contributed by atoms with van der Waals surface area (Å²) in [5, 5.41) is 3.09. The molecule has 0 saturated carbocycles. The summed E-state index contributed by atoms with van der Waals surface area (Å²) in [4.78, 5) is 38.7. The number of carbonyl (C=O) groups excluding carboxylic acids is 3. The Morgan fingerprint density at radius 3 is 2.11 bits per heavy atom. The average molecular weight is 456 g/mol. The van der Waals surface area contributed by atoms with E-state index in [-0.39, 0.29) is 17.7 Å². The molecule has 0 radical (unpaired) electrons. The molecule has 3 aromatic carbocycles. The highest BCUT2D eigenvalue weighted by molar-refractivity contribution is 9.10. The van der Waals surface area contributed by atoms with Crippen LogP contribution in [0.25, 0.3) is 0 Å². The molecule has 0 saturated heterocycles. The predicted molar refractivity (Wildman–Crippen MR) is 111 cm³/mol. The topological polar surface area (TPSA) is 66.5 Å². The standard InChI is InChI=1S/C21H12BrClN2O3/c22-12-5-10-18(23)17(11-12)19(26)24-13-6-8-14(9-7-13)25-20(27)15-3-1-2-4-16(15)21(25)28/h1-11H,(H,24,26). The Kier molecular flexibility index (Phi) is 4.75. The van der Waals surface area contributed by atoms with E-state index in [0.29, 0.717) is 33.1 Å². The van der Waals surface area contributed by atoms with Gasteiger partial charge in [-0.15, -0.1) is 0 Å². The summed E-state index contributed by atoms with van der Waals surface area (Å²) in [7, 11) is 0. The van der Waals surface area contributed by atoms with Crippen LogP contribution in [0.15, 0.2) is 71.2 Å². The van der Waals surface area contributed by atoms with Gasteiger partial charge in [0.2, 0.25) is 0 Å². The molecule has 1 N–H and O–H groups in total. The van der Waals surface area contributed by atoms with Crippen LogP contribution in [0.5, 0.6) is 0 Å². The molecule has 3 amide bonds. The Labute approximate surface area is 174 Å². The first-order valence-corrected chi connectivity index (χ1v) is 9.47. The van der Waals surface area contributed by atoms with Crippen molar-refractivity contribution in [2.45, 2.75) is 0 Å². The van der Waals surface area contributed by atoms with Crippen molar-refractivity contribution in [1.29, 1.82) is 0 Å². The van der Waals surface area contributed by atoms with E-state index in [0.717, 1.165) is 9.37 Å². The fourth-order valence-corrected chi connectivity index (χ4v) is 3.55. The zero-order chi connectivity index (χ0) is 19.8. The fraction of sp³-hybridized carbons (Fsp3) is 0. The van der Waals surface area contributed by atoms with Crippen LogP contribution in [0.4, 0.5) is 11.4 Å². The van der Waals surface area contributed by atoms with E-state index in [2.05, 4.69) is 21.2 Å². The van der Waals surface area contributed by atoms with Gasteiger partial charge in [-0.2, -0.15) is 0 Å². The van der Waals surface area contributed by atoms with Gasteiger partial charge in [0.05, 0.1) is 27.4 Å². The molecule has 0 unspecified atom stereocenters. The maximum Gasteiger partial charge on any atom is 0.266 e. The molecule has 1 heterocycles. The van der Waals surface area contributed by atoms with Crippen LogP contribution in [0.1, 0.15) is 31.1 Å². The Hall–Kier alpha value is -2.96. The molecule has 28 heavy (non-hydrogen) atoms. The van der Waals surface area contributed by atoms with E-state index in [1.54, 1.807) is 66.7 Å². The van der Waals surface area contributed by atoms with Crippen LogP contribution in [0.2, 0.25) is 5.02 Å². The van der Waals surface area contributed by atoms with Gasteiger partial charge in [0, 0.05) is 10.2 Å². The first kappa shape index (κ1) is 18.4. The molecule has 1 aliphatic rings. The van der Waals surface area contributed by atoms with Crippen LogP contribution in [0.3, 0.4) is 0 Å². The molecule has 3 aromatic rings. The molecular formula is C21H12BrClN2O3. The van der Waals surface area contributed by atoms with Gasteiger partial charge in [0.1, 0.15) is 0 Å². The van der Waals surface area contributed by atoms with E-state index >= 15 is 0 Å². The van der Waals surface area contributed by atoms with Crippen molar-refractivity contribution in [2.75, 3.05) is 10.2 Å². The first-order chi connectivity index (χ1) is 13.5. The molecule has 0 spiro atoms. The molecule has 0 bridgehead atoms. The maximum absolute atomic E-state index is 12.5. The minimum absolute atomic E-state index is 0.334. The summed E-state index contributed by atoms with van der Waals surface area (Å²) >= 11 is 9.39. The van der Waals surface area contributed by atoms with Crippen LogP contribution in [0, 0.1) is 0 Å². The number of anilines is 2. The lowest BCUT2D eigenvalue weighted by atomic mass is 10.1. The number of imide groups is 1. The van der Waals surface area contributed by atoms with Crippen molar-refractivity contribution in [3.05, 3.63) is 92.9 Å². The SMILES string of the molecule is O=C(Nc1ccc(N2C(=O)c3ccccc3C2=O)cc1)c1cc(Br)ccc1Cl. The van der Waals surface area contributed by atoms with Gasteiger partial charge >= 0.3 is 0 Å². The summed E-state index contributed by atoms with van der Waals surface area (Å²) < 4.78 is 0.739. The summed E-state index contributed by atoms with van der Waals surface area (Å²) in [6, 6.07) is 18.2. The maximum atomic E-state index is 12.5. The van der Waals surface area contributed by atoms with Crippen LogP contribution >= 0.6 is 27.5 Å². The molecule has 5 nitrogen and oxygen atoms in total. The lowest BCUT2D eigenvalue weighted by Crippen LogP contribution is -2.29. The van der Waals surface area contributed by atoms with Gasteiger partial charge in [0.25, 0.3) is 17.7 Å². The lowest BCUT2D eigenvalue weighted by Gasteiger charge is -2.14. The van der Waals surface area contributed by atoms with Gasteiger partial charge < -0.3 is 5.32 Å². The van der Waals surface area contributed by atoms with E-state index < -0.39 is 0 Å². The Morgan fingerprint density at radius 1 is 0.893 bits per heavy atom. The minimum Gasteiger partial charge on any atom is -0.322 e. The number of nitrogens with zero attached hydrogens (tertiary/aromatic N) is 1. The lowest BCUT2D eigenvalue weighted by molar-refractivity contribution is 0.0924. The third-order valence-electron chi connectivity index (χ3n) is 4.35. The summed E-state index contributed by atoms with van der Waals surface area (Å²) in [6.07, 6.45) is 0. The predicted octanol–water partition coefficient (Wildman–Crippen LogP) is 5.16. The minimum atomic E-state index is -0.363. The molecule has 0 atom stereocenters. The molecule has 0 aromatic heterocycles. The number of amides is 3. The van der Waals surface area contributed by atoms with E-state index in [1.165, 1.54) is 0 Å². The number of halogens is 2. The van der Waals surface area contributed by atoms with Gasteiger partial charge in [-0.1, -0.05) is 39.7 Å². The Bertz CT molecular complexity index is 1090. The van der Waals surface area contributed by atoms with Gasteiger partial charge in [-0.3, -0.25) is 14.4 Å². The quantitative estimate of drug-likeness (QED) is 0.555. The number of nitrogens with one attached hydrogen (secondary N) is 1. The highest BCUT2D eigenvalue weighted by atomic mass is 79.9. The third-order valence-corrected chi connectivity index (χ3v) is 5.17. The van der Waals surface area contributed by atoms with Crippen molar-refractivity contribution in [3.63, 3.8) is 0 Å². The van der Waals surface area contributed by atoms with Crippen LogP contribution in [-0.4, -0.2) is 17.7 Å². The summed E-state index contributed by atoms with van der Waals surface area (Å²) in [5.74, 6) is -1.09. The highest BCUT2D eigenvalue weighted by Crippen LogP contribution is 2.29. The highest BCUT2D eigenvalue weighted by Gasteiger charge is 2.36. The van der Waals surface area contributed by atoms with Crippen molar-refractivity contribution in [2.24, 2.45) is 0 Å². The zero-order valence-corrected chi connectivity index (χ0v) is 16.6. The van der Waals surface area contributed by atoms with Gasteiger partial charge in [-0.25, -0.2) is 4.90 Å². The average Bonchev–Trinajstić information content (AvgIpc) is 2.95. The molecule has 4 rings (SSSR count). The second kappa shape index (κ2) is 7.22. The molecule has 1 aliphatic heterocycles. The number of benzene rings is 3. The Balaban J connectivity index is 1.55. The molecule has 0 aliphatic carbocycles. The van der Waals surface area contributed by atoms with Crippen LogP contribution in [-0.2, 0) is 0 Å². The number of carbonyl (C=O) groups is 3. The molecule has 7 heteroatoms. The van der Waals surface area contributed by atoms with Crippen molar-refractivity contribution in [3.8, 4) is 0 Å². The smallest absolute Gasteiger partial charge is 0.266 e. The van der Waals surface area contributed by atoms with E-state index in [4.69, 9.17) is 11.6 Å². The van der Waals surface area contributed by atoms with Gasteiger partial charge in [-0.05, 0) is 54.6 Å². The molecular weight excluding hydrogens is 444 g/mol. The fourth-order valence-electron chi connectivity index (χ4n) is 2.99. The number of fused-ring (bicyclic) bond motifs is 1. The molecule has 138 valence electrons. The number of hydrogen-bond acceptors (Lipinski definition) is 3. The summed E-state index contributed by atoms with van der Waals surface area (Å²) in [5.41, 5.74) is 2.05. The van der Waals surface area contributed by atoms with Crippen molar-refractivity contribution in [1.82, 2.24) is 0 Å². The number of hydrogen-bond donors (Lipinski definition) is 1. The largest absolute Gasteiger partial charge is 0.322 e. The van der Waals surface area contributed by atoms with E-state index in [9.17, 15) is 14.4 Å². The second-order valence-electron chi connectivity index (χ2n) is 6.12. The Morgan fingerprint density at radius 2 is 1.50 bits per heavy atom. The zero-order valence-electron chi connectivity index (χ0n) is 14.3. The van der Waals surface area contributed by atoms with Crippen molar-refractivity contribution < 1.29 is 14.4 Å². The van der Waals surface area contributed by atoms with Crippen LogP contribution < -0.4 is 10.2 Å². The second-order valence-corrected chi connectivity index (χ2v) is 7.44.